The predicted octanol–water partition coefficient (Wildman–Crippen LogP) is -0.0463. The SMILES string of the molecule is CC(C)CC(NC(=O)c1ccc(N2CCOCC2)cc1)C(=O)N1CCC2C1C(=O)CN2C(=O)CN1CCNCC1. The molecule has 1 aromatic rings. The molecule has 40 heavy (non-hydrogen) atoms. The number of ether oxygens (including phenoxy) is 1. The van der Waals surface area contributed by atoms with Crippen LogP contribution in [0.5, 0.6) is 0 Å². The van der Waals surface area contributed by atoms with Gasteiger partial charge in [0.15, 0.2) is 5.78 Å². The standard InChI is InChI=1S/C29H42N6O5/c1-20(2)17-23(31-28(38)21-3-5-22(6-4-21)33-13-15-40-16-14-33)29(39)34-10-7-24-27(34)25(36)18-35(24)26(37)19-32-11-8-30-9-12-32/h3-6,20,23-24,27,30H,7-19H2,1-2H3,(H,31,38). The molecule has 2 N–H and O–H groups in total. The third-order valence-corrected chi connectivity index (χ3v) is 8.41. The van der Waals surface area contributed by atoms with Gasteiger partial charge in [0.1, 0.15) is 12.1 Å². The van der Waals surface area contributed by atoms with E-state index in [1.54, 1.807) is 21.9 Å². The van der Waals surface area contributed by atoms with Gasteiger partial charge in [-0.25, -0.2) is 0 Å². The van der Waals surface area contributed by atoms with Crippen molar-refractivity contribution in [2.24, 2.45) is 5.92 Å². The van der Waals surface area contributed by atoms with Gasteiger partial charge in [0.25, 0.3) is 5.91 Å². The highest BCUT2D eigenvalue weighted by Gasteiger charge is 2.52. The van der Waals surface area contributed by atoms with Crippen LogP contribution in [0.1, 0.15) is 37.0 Å². The Kier molecular flexibility index (Phi) is 9.02. The van der Waals surface area contributed by atoms with E-state index in [0.717, 1.165) is 45.0 Å². The Bertz CT molecular complexity index is 1080. The largest absolute Gasteiger partial charge is 0.378 e. The quantitative estimate of drug-likeness (QED) is 0.460. The second-order valence-electron chi connectivity index (χ2n) is 11.6. The molecule has 0 radical (unpaired) electrons. The molecule has 5 rings (SSSR count). The first-order valence-electron chi connectivity index (χ1n) is 14.6. The van der Waals surface area contributed by atoms with E-state index in [4.69, 9.17) is 4.74 Å². The lowest BCUT2D eigenvalue weighted by Gasteiger charge is -2.30. The molecule has 218 valence electrons. The first kappa shape index (κ1) is 28.5. The van der Waals surface area contributed by atoms with Crippen LogP contribution >= 0.6 is 0 Å². The number of nitrogens with zero attached hydrogens (tertiary/aromatic N) is 4. The maximum absolute atomic E-state index is 13.8. The van der Waals surface area contributed by atoms with Crippen molar-refractivity contribution >= 4 is 29.2 Å². The van der Waals surface area contributed by atoms with Crippen molar-refractivity contribution in [2.75, 3.05) is 77.0 Å². The summed E-state index contributed by atoms with van der Waals surface area (Å²) in [7, 11) is 0. The molecule has 4 aliphatic rings. The molecule has 0 aromatic heterocycles. The van der Waals surface area contributed by atoms with E-state index in [1.807, 2.05) is 26.0 Å². The number of amides is 3. The second-order valence-corrected chi connectivity index (χ2v) is 11.6. The topological polar surface area (TPSA) is 115 Å². The van der Waals surface area contributed by atoms with Gasteiger partial charge in [-0.1, -0.05) is 13.8 Å². The van der Waals surface area contributed by atoms with Crippen LogP contribution in [0.2, 0.25) is 0 Å². The third-order valence-electron chi connectivity index (χ3n) is 8.41. The highest BCUT2D eigenvalue weighted by atomic mass is 16.5. The first-order chi connectivity index (χ1) is 19.3. The fourth-order valence-corrected chi connectivity index (χ4v) is 6.32. The summed E-state index contributed by atoms with van der Waals surface area (Å²) in [5, 5.41) is 6.24. The number of morpholine rings is 1. The fraction of sp³-hybridized carbons (Fsp3) is 0.655. The van der Waals surface area contributed by atoms with Gasteiger partial charge in [-0.05, 0) is 43.0 Å². The third kappa shape index (κ3) is 6.31. The van der Waals surface area contributed by atoms with Crippen molar-refractivity contribution in [1.82, 2.24) is 25.3 Å². The van der Waals surface area contributed by atoms with E-state index in [9.17, 15) is 19.2 Å². The molecule has 4 fully saturated rings. The van der Waals surface area contributed by atoms with Crippen LogP contribution in [0.3, 0.4) is 0 Å². The molecule has 3 unspecified atom stereocenters. The maximum atomic E-state index is 13.8. The van der Waals surface area contributed by atoms with Crippen molar-refractivity contribution in [2.45, 2.75) is 44.8 Å². The monoisotopic (exact) mass is 554 g/mol. The molecular weight excluding hydrogens is 512 g/mol. The smallest absolute Gasteiger partial charge is 0.251 e. The molecule has 11 nitrogen and oxygen atoms in total. The van der Waals surface area contributed by atoms with Crippen molar-refractivity contribution in [1.29, 1.82) is 0 Å². The number of hydrogen-bond donors (Lipinski definition) is 2. The van der Waals surface area contributed by atoms with Crippen LogP contribution in [-0.2, 0) is 19.1 Å². The summed E-state index contributed by atoms with van der Waals surface area (Å²) in [4.78, 5) is 60.9. The van der Waals surface area contributed by atoms with Crippen molar-refractivity contribution in [3.63, 3.8) is 0 Å². The molecule has 1 aromatic carbocycles. The van der Waals surface area contributed by atoms with Gasteiger partial charge in [-0.15, -0.1) is 0 Å². The lowest BCUT2D eigenvalue weighted by molar-refractivity contribution is -0.138. The minimum atomic E-state index is -0.747. The zero-order valence-electron chi connectivity index (χ0n) is 23.6. The summed E-state index contributed by atoms with van der Waals surface area (Å²) in [6.45, 7) is 11.0. The molecule has 0 bridgehead atoms. The summed E-state index contributed by atoms with van der Waals surface area (Å²) >= 11 is 0. The number of anilines is 1. The highest BCUT2D eigenvalue weighted by molar-refractivity contribution is 6.01. The number of carbonyl (C=O) groups excluding carboxylic acids is 4. The van der Waals surface area contributed by atoms with Gasteiger partial charge >= 0.3 is 0 Å². The van der Waals surface area contributed by atoms with E-state index in [2.05, 4.69) is 20.4 Å². The van der Waals surface area contributed by atoms with Crippen LogP contribution in [0.15, 0.2) is 24.3 Å². The van der Waals surface area contributed by atoms with Gasteiger partial charge in [-0.2, -0.15) is 0 Å². The highest BCUT2D eigenvalue weighted by Crippen LogP contribution is 2.31. The molecule has 3 amide bonds. The van der Waals surface area contributed by atoms with E-state index >= 15 is 0 Å². The Balaban J connectivity index is 1.23. The van der Waals surface area contributed by atoms with Crippen LogP contribution < -0.4 is 15.5 Å². The summed E-state index contributed by atoms with van der Waals surface area (Å²) < 4.78 is 5.42. The normalized spacial score (nSPS) is 24.4. The van der Waals surface area contributed by atoms with Crippen molar-refractivity contribution in [3.05, 3.63) is 29.8 Å². The summed E-state index contributed by atoms with van der Waals surface area (Å²) in [6.07, 6.45) is 1.03. The number of ketones is 1. The Morgan fingerprint density at radius 2 is 1.70 bits per heavy atom. The number of Topliss-reactive ketones (excluding diaryl/α,β-unsaturated/α-hetero) is 1. The Hall–Kier alpha value is -3.02. The fourth-order valence-electron chi connectivity index (χ4n) is 6.32. The predicted molar refractivity (Wildman–Crippen MR) is 150 cm³/mol. The molecule has 4 aliphatic heterocycles. The molecular formula is C29H42N6O5. The molecule has 0 aliphatic carbocycles. The number of hydrogen-bond acceptors (Lipinski definition) is 8. The van der Waals surface area contributed by atoms with Gasteiger partial charge in [-0.3, -0.25) is 24.1 Å². The molecule has 0 spiro atoms. The first-order valence-corrected chi connectivity index (χ1v) is 14.6. The summed E-state index contributed by atoms with van der Waals surface area (Å²) in [6, 6.07) is 5.73. The van der Waals surface area contributed by atoms with Gasteiger partial charge in [0, 0.05) is 57.1 Å². The Morgan fingerprint density at radius 1 is 1.00 bits per heavy atom. The minimum Gasteiger partial charge on any atom is -0.378 e. The Labute approximate surface area is 236 Å². The average molecular weight is 555 g/mol. The summed E-state index contributed by atoms with van der Waals surface area (Å²) in [5.41, 5.74) is 1.52. The van der Waals surface area contributed by atoms with Crippen LogP contribution in [-0.4, -0.2) is 128 Å². The lowest BCUT2D eigenvalue weighted by Crippen LogP contribution is -2.53. The molecule has 3 atom stereocenters. The van der Waals surface area contributed by atoms with Crippen molar-refractivity contribution in [3.8, 4) is 0 Å². The maximum Gasteiger partial charge on any atom is 0.251 e. The number of carbonyl (C=O) groups is 4. The number of piperazine rings is 1. The van der Waals surface area contributed by atoms with Gasteiger partial charge in [0.2, 0.25) is 11.8 Å². The van der Waals surface area contributed by atoms with Crippen LogP contribution in [0, 0.1) is 5.92 Å². The minimum absolute atomic E-state index is 0.0424. The number of rotatable bonds is 8. The summed E-state index contributed by atoms with van der Waals surface area (Å²) in [5.74, 6) is -0.548. The zero-order chi connectivity index (χ0) is 28.2. The Morgan fingerprint density at radius 3 is 2.38 bits per heavy atom. The lowest BCUT2D eigenvalue weighted by atomic mass is 10.0. The average Bonchev–Trinajstić information content (AvgIpc) is 3.54. The van der Waals surface area contributed by atoms with E-state index in [1.165, 1.54) is 0 Å². The second kappa shape index (κ2) is 12.7. The van der Waals surface area contributed by atoms with Crippen molar-refractivity contribution < 1.29 is 23.9 Å². The number of fused-ring (bicyclic) bond motifs is 1. The molecule has 4 saturated heterocycles. The van der Waals surface area contributed by atoms with Crippen LogP contribution in [0.4, 0.5) is 5.69 Å². The molecule has 4 heterocycles. The molecule has 0 saturated carbocycles. The van der Waals surface area contributed by atoms with Crippen LogP contribution in [0.25, 0.3) is 0 Å². The van der Waals surface area contributed by atoms with E-state index in [-0.39, 0.29) is 42.0 Å². The molecule has 11 heteroatoms. The number of likely N-dealkylation sites (tertiary alicyclic amines) is 2. The zero-order valence-corrected chi connectivity index (χ0v) is 23.6. The number of nitrogens with one attached hydrogen (secondary N) is 2. The van der Waals surface area contributed by atoms with E-state index < -0.39 is 12.1 Å². The number of benzene rings is 1. The van der Waals surface area contributed by atoms with Gasteiger partial charge < -0.3 is 30.1 Å². The van der Waals surface area contributed by atoms with E-state index in [0.29, 0.717) is 44.7 Å². The van der Waals surface area contributed by atoms with Gasteiger partial charge in [0.05, 0.1) is 32.3 Å².